The predicted octanol–water partition coefficient (Wildman–Crippen LogP) is 3.35. The van der Waals surface area contributed by atoms with Crippen molar-refractivity contribution >= 4 is 23.6 Å². The Balaban J connectivity index is 2.76. The average molecular weight is 268 g/mol. The Bertz CT molecular complexity index is 463. The average Bonchev–Trinajstić information content (AvgIpc) is 2.30. The number of hydrogen-bond donors (Lipinski definition) is 1. The molecule has 0 amide bonds. The molecule has 0 atom stereocenters. The summed E-state index contributed by atoms with van der Waals surface area (Å²) in [6, 6.07) is 0. The Morgan fingerprint density at radius 2 is 1.78 bits per heavy atom. The third kappa shape index (κ3) is 3.31. The largest absolute Gasteiger partial charge is 0.382 e. The molecule has 0 spiro atoms. The van der Waals surface area contributed by atoms with E-state index in [2.05, 4.69) is 44.8 Å². The topological polar surface area (TPSA) is 32.3 Å². The number of hydrogen-bond acceptors (Lipinski definition) is 4. The van der Waals surface area contributed by atoms with Crippen molar-refractivity contribution in [3.8, 4) is 0 Å². The lowest BCUT2D eigenvalue weighted by molar-refractivity contribution is 0.389. The summed E-state index contributed by atoms with van der Waals surface area (Å²) in [6.07, 6.45) is 1.05. The first-order chi connectivity index (χ1) is 8.31. The fourth-order valence-electron chi connectivity index (χ4n) is 1.95. The molecule has 0 bridgehead atoms. The third-order valence-corrected chi connectivity index (χ3v) is 3.53. The molecule has 18 heavy (non-hydrogen) atoms. The highest BCUT2D eigenvalue weighted by Gasteiger charge is 2.21. The molecule has 0 unspecified atom stereocenters. The van der Waals surface area contributed by atoms with E-state index in [1.54, 1.807) is 0 Å². The molecule has 0 aliphatic heterocycles. The van der Waals surface area contributed by atoms with Gasteiger partial charge in [-0.25, -0.2) is 0 Å². The zero-order valence-corrected chi connectivity index (χ0v) is 12.9. The van der Waals surface area contributed by atoms with E-state index in [4.69, 9.17) is 12.2 Å². The minimum Gasteiger partial charge on any atom is -0.382 e. The van der Waals surface area contributed by atoms with Crippen LogP contribution in [0.15, 0.2) is 4.79 Å². The quantitative estimate of drug-likeness (QED) is 0.802. The van der Waals surface area contributed by atoms with Gasteiger partial charge in [0.2, 0.25) is 5.43 Å². The Labute approximate surface area is 115 Å². The number of rotatable bonds is 6. The summed E-state index contributed by atoms with van der Waals surface area (Å²) in [5.74, 6) is 0. The van der Waals surface area contributed by atoms with Crippen LogP contribution in [0, 0.1) is 9.93 Å². The van der Waals surface area contributed by atoms with E-state index in [1.165, 1.54) is 0 Å². The minimum absolute atomic E-state index is 0.0203. The van der Waals surface area contributed by atoms with E-state index in [0.717, 1.165) is 37.4 Å². The second-order valence-corrected chi connectivity index (χ2v) is 6.20. The van der Waals surface area contributed by atoms with Crippen LogP contribution < -0.4 is 15.6 Å². The summed E-state index contributed by atoms with van der Waals surface area (Å²) in [7, 11) is 0. The zero-order valence-electron chi connectivity index (χ0n) is 12.1. The van der Waals surface area contributed by atoms with Crippen LogP contribution in [0.4, 0.5) is 11.4 Å². The van der Waals surface area contributed by atoms with Crippen LogP contribution in [-0.2, 0) is 0 Å². The molecule has 1 aromatic rings. The molecule has 0 saturated heterocycles. The number of nitrogens with one attached hydrogen (secondary N) is 1. The monoisotopic (exact) mass is 268 g/mol. The molecule has 102 valence electrons. The van der Waals surface area contributed by atoms with Crippen LogP contribution in [0.3, 0.4) is 0 Å². The van der Waals surface area contributed by atoms with Crippen molar-refractivity contribution < 1.29 is 0 Å². The van der Waals surface area contributed by atoms with Crippen molar-refractivity contribution in [3.05, 3.63) is 14.7 Å². The Morgan fingerprint density at radius 1 is 1.22 bits per heavy atom. The molecule has 0 heterocycles. The maximum Gasteiger partial charge on any atom is 0.224 e. The summed E-state index contributed by atoms with van der Waals surface area (Å²) in [5.41, 5.74) is 1.96. The Kier molecular flexibility index (Phi) is 4.91. The van der Waals surface area contributed by atoms with Crippen LogP contribution in [0.25, 0.3) is 0 Å². The summed E-state index contributed by atoms with van der Waals surface area (Å²) < 4.78 is 0.464. The Morgan fingerprint density at radius 3 is 2.22 bits per heavy atom. The van der Waals surface area contributed by atoms with Gasteiger partial charge in [0.05, 0.1) is 5.69 Å². The lowest BCUT2D eigenvalue weighted by Crippen LogP contribution is -2.33. The number of nitrogens with zero attached hydrogens (tertiary/aromatic N) is 1. The van der Waals surface area contributed by atoms with Gasteiger partial charge in [-0.3, -0.25) is 4.79 Å². The fraction of sp³-hybridized carbons (Fsp3) is 0.714. The lowest BCUT2D eigenvalue weighted by Gasteiger charge is -2.27. The Hall–Kier alpha value is -0.900. The van der Waals surface area contributed by atoms with E-state index >= 15 is 0 Å². The summed E-state index contributed by atoms with van der Waals surface area (Å²) in [6.45, 7) is 13.3. The molecule has 1 rings (SSSR count). The van der Waals surface area contributed by atoms with Gasteiger partial charge < -0.3 is 10.2 Å². The molecule has 0 aromatic heterocycles. The molecule has 0 aliphatic rings. The van der Waals surface area contributed by atoms with E-state index < -0.39 is 0 Å². The van der Waals surface area contributed by atoms with Gasteiger partial charge in [0.25, 0.3) is 0 Å². The zero-order chi connectivity index (χ0) is 13.9. The molecule has 4 heteroatoms. The normalized spacial score (nSPS) is 11.8. The van der Waals surface area contributed by atoms with Crippen molar-refractivity contribution in [2.75, 3.05) is 29.9 Å². The molecule has 0 saturated carbocycles. The highest BCUT2D eigenvalue weighted by Crippen LogP contribution is 2.28. The van der Waals surface area contributed by atoms with Gasteiger partial charge in [-0.2, -0.15) is 0 Å². The van der Waals surface area contributed by atoms with Crippen LogP contribution in [0.2, 0.25) is 0 Å². The first-order valence-electron chi connectivity index (χ1n) is 6.64. The SMILES string of the molecule is CCN(CC)c1c(NCCC(C)(C)C)c(=S)c1=O. The van der Waals surface area contributed by atoms with Crippen molar-refractivity contribution in [1.82, 2.24) is 0 Å². The second-order valence-electron chi connectivity index (χ2n) is 5.79. The van der Waals surface area contributed by atoms with Crippen LogP contribution in [0.5, 0.6) is 0 Å². The summed E-state index contributed by atoms with van der Waals surface area (Å²) in [5, 5.41) is 3.33. The smallest absolute Gasteiger partial charge is 0.224 e. The fourth-order valence-corrected chi connectivity index (χ4v) is 2.21. The van der Waals surface area contributed by atoms with E-state index in [-0.39, 0.29) is 10.8 Å². The predicted molar refractivity (Wildman–Crippen MR) is 82.0 cm³/mol. The maximum atomic E-state index is 11.8. The number of anilines is 2. The van der Waals surface area contributed by atoms with Gasteiger partial charge in [0.1, 0.15) is 10.2 Å². The maximum absolute atomic E-state index is 11.8. The van der Waals surface area contributed by atoms with Gasteiger partial charge >= 0.3 is 0 Å². The summed E-state index contributed by atoms with van der Waals surface area (Å²) in [4.78, 5) is 13.9. The second kappa shape index (κ2) is 5.83. The van der Waals surface area contributed by atoms with Crippen LogP contribution in [0.1, 0.15) is 41.0 Å². The molecule has 1 aromatic carbocycles. The minimum atomic E-state index is 0.0203. The van der Waals surface area contributed by atoms with Gasteiger partial charge in [-0.1, -0.05) is 33.0 Å². The molecule has 0 fully saturated rings. The molecule has 1 N–H and O–H groups in total. The van der Waals surface area contributed by atoms with Crippen molar-refractivity contribution in [2.24, 2.45) is 5.41 Å². The van der Waals surface area contributed by atoms with Gasteiger partial charge in [0.15, 0.2) is 0 Å². The van der Waals surface area contributed by atoms with Crippen molar-refractivity contribution in [2.45, 2.75) is 41.0 Å². The molecule has 3 nitrogen and oxygen atoms in total. The van der Waals surface area contributed by atoms with E-state index in [1.807, 2.05) is 0 Å². The van der Waals surface area contributed by atoms with E-state index in [0.29, 0.717) is 4.51 Å². The van der Waals surface area contributed by atoms with Crippen LogP contribution >= 0.6 is 12.2 Å². The van der Waals surface area contributed by atoms with Crippen molar-refractivity contribution in [1.29, 1.82) is 0 Å². The van der Waals surface area contributed by atoms with Crippen LogP contribution in [-0.4, -0.2) is 19.6 Å². The van der Waals surface area contributed by atoms with Gasteiger partial charge in [-0.15, -0.1) is 0 Å². The molecule has 0 radical (unpaired) electrons. The van der Waals surface area contributed by atoms with Gasteiger partial charge in [-0.05, 0) is 25.7 Å². The highest BCUT2D eigenvalue weighted by atomic mass is 32.1. The van der Waals surface area contributed by atoms with E-state index in [9.17, 15) is 4.79 Å². The lowest BCUT2D eigenvalue weighted by atomic mass is 9.92. The first-order valence-corrected chi connectivity index (χ1v) is 7.04. The van der Waals surface area contributed by atoms with Crippen molar-refractivity contribution in [3.63, 3.8) is 0 Å². The highest BCUT2D eigenvalue weighted by molar-refractivity contribution is 7.71. The summed E-state index contributed by atoms with van der Waals surface area (Å²) >= 11 is 5.13. The third-order valence-electron chi connectivity index (χ3n) is 3.14. The first kappa shape index (κ1) is 15.2. The molecular formula is C14H24N2OS. The van der Waals surface area contributed by atoms with Gasteiger partial charge in [0, 0.05) is 19.6 Å². The standard InChI is InChI=1S/C14H24N2OS/c1-6-16(7-2)11-10(13(18)12(11)17)15-9-8-14(3,4)5/h15H,6-9H2,1-5H3. The molecule has 0 aliphatic carbocycles. The molecular weight excluding hydrogens is 244 g/mol.